The first-order valence-corrected chi connectivity index (χ1v) is 7.92. The first-order valence-electron chi connectivity index (χ1n) is 6.19. The first kappa shape index (κ1) is 15.9. The summed E-state index contributed by atoms with van der Waals surface area (Å²) in [5, 5.41) is 10.6. The maximum atomic E-state index is 12.2. The molecule has 1 rings (SSSR count). The van der Waals surface area contributed by atoms with Crippen LogP contribution in [0.25, 0.3) is 0 Å². The van der Waals surface area contributed by atoms with Crippen molar-refractivity contribution in [2.24, 2.45) is 0 Å². The minimum absolute atomic E-state index is 0.126. The van der Waals surface area contributed by atoms with Crippen LogP contribution in [0, 0.1) is 0 Å². The molecule has 0 amide bonds. The minimum Gasteiger partial charge on any atom is -0.309 e. The molecule has 5 nitrogen and oxygen atoms in total. The molecular weight excluding hydrogens is 267 g/mol. The van der Waals surface area contributed by atoms with Crippen molar-refractivity contribution in [3.8, 4) is 0 Å². The van der Waals surface area contributed by atoms with Gasteiger partial charge in [0.15, 0.2) is 0 Å². The summed E-state index contributed by atoms with van der Waals surface area (Å²) in [6.07, 6.45) is 0.782. The largest absolute Gasteiger partial charge is 0.386 e. The maximum Gasteiger partial charge on any atom is 0.386 e. The molecule has 0 unspecified atom stereocenters. The highest BCUT2D eigenvalue weighted by molar-refractivity contribution is 7.53. The van der Waals surface area contributed by atoms with Crippen molar-refractivity contribution >= 4 is 13.6 Å². The summed E-state index contributed by atoms with van der Waals surface area (Å²) < 4.78 is 22.6. The van der Waals surface area contributed by atoms with E-state index in [4.69, 9.17) is 9.05 Å². The zero-order valence-corrected chi connectivity index (χ0v) is 12.0. The van der Waals surface area contributed by atoms with Crippen molar-refractivity contribution in [3.05, 3.63) is 35.4 Å². The Morgan fingerprint density at radius 3 is 2.05 bits per heavy atom. The monoisotopic (exact) mass is 285 g/mol. The van der Waals surface area contributed by atoms with Gasteiger partial charge in [-0.05, 0) is 38.0 Å². The quantitative estimate of drug-likeness (QED) is 0.688. The van der Waals surface area contributed by atoms with Crippen LogP contribution in [0.3, 0.4) is 0 Å². The Kier molecular flexibility index (Phi) is 6.22. The molecule has 0 N–H and O–H groups in total. The van der Waals surface area contributed by atoms with E-state index in [1.807, 2.05) is 0 Å². The molecule has 0 aliphatic carbocycles. The van der Waals surface area contributed by atoms with E-state index in [1.54, 1.807) is 26.0 Å². The van der Waals surface area contributed by atoms with E-state index in [-0.39, 0.29) is 11.7 Å². The molecule has 6 heteroatoms. The molecule has 0 spiro atoms. The summed E-state index contributed by atoms with van der Waals surface area (Å²) in [6.45, 7) is 4.20. The summed E-state index contributed by atoms with van der Waals surface area (Å²) in [5.41, 5.74) is 1.01. The lowest BCUT2D eigenvalue weighted by atomic mass is 10.1. The van der Waals surface area contributed by atoms with Gasteiger partial charge in [0.25, 0.3) is 0 Å². The summed E-state index contributed by atoms with van der Waals surface area (Å²) >= 11 is 0. The van der Waals surface area contributed by atoms with Crippen molar-refractivity contribution in [2.45, 2.75) is 20.3 Å². The number of hydrogen-bond donors (Lipinski definition) is 0. The van der Waals surface area contributed by atoms with Crippen LogP contribution >= 0.6 is 7.60 Å². The molecule has 0 atom stereocenters. The second kappa shape index (κ2) is 7.43. The third-order valence-electron chi connectivity index (χ3n) is 2.52. The van der Waals surface area contributed by atoms with Crippen molar-refractivity contribution in [3.63, 3.8) is 0 Å². The molecule has 0 heterocycles. The molecule has 0 aromatic heterocycles. The van der Waals surface area contributed by atoms with Crippen LogP contribution in [-0.4, -0.2) is 25.3 Å². The Morgan fingerprint density at radius 2 is 1.63 bits per heavy atom. The lowest BCUT2D eigenvalue weighted by Crippen LogP contribution is -2.03. The van der Waals surface area contributed by atoms with Crippen LogP contribution < -0.4 is 0 Å². The van der Waals surface area contributed by atoms with Crippen LogP contribution in [-0.2, 0) is 25.1 Å². The van der Waals surface area contributed by atoms with Gasteiger partial charge in [-0.2, -0.15) is 0 Å². The van der Waals surface area contributed by atoms with E-state index >= 15 is 0 Å². The van der Waals surface area contributed by atoms with Crippen LogP contribution in [0.2, 0.25) is 0 Å². The van der Waals surface area contributed by atoms with Crippen LogP contribution in [0.5, 0.6) is 0 Å². The fourth-order valence-electron chi connectivity index (χ4n) is 1.63. The van der Waals surface area contributed by atoms with E-state index in [2.05, 4.69) is 0 Å². The van der Waals surface area contributed by atoms with Crippen molar-refractivity contribution in [1.29, 1.82) is 0 Å². The van der Waals surface area contributed by atoms with Gasteiger partial charge in [-0.1, -0.05) is 12.1 Å². The first-order chi connectivity index (χ1) is 9.00. The molecule has 0 saturated heterocycles. The number of benzene rings is 1. The molecule has 1 aromatic rings. The van der Waals surface area contributed by atoms with Crippen molar-refractivity contribution < 1.29 is 23.5 Å². The lowest BCUT2D eigenvalue weighted by molar-refractivity contribution is 0.0573. The summed E-state index contributed by atoms with van der Waals surface area (Å²) in [6, 6.07) is 6.29. The van der Waals surface area contributed by atoms with E-state index < -0.39 is 13.6 Å². The number of carbonyl (C=O) groups excluding carboxylic acids is 1. The fourth-order valence-corrected chi connectivity index (χ4v) is 3.28. The zero-order chi connectivity index (χ0) is 14.3. The van der Waals surface area contributed by atoms with Gasteiger partial charge < -0.3 is 9.05 Å². The van der Waals surface area contributed by atoms with Gasteiger partial charge in [-0.25, -0.2) is 9.90 Å². The maximum absolute atomic E-state index is 12.2. The molecule has 1 radical (unpaired) electrons. The van der Waals surface area contributed by atoms with E-state index in [0.717, 1.165) is 5.56 Å². The van der Waals surface area contributed by atoms with Gasteiger partial charge in [0.05, 0.1) is 24.9 Å². The minimum atomic E-state index is -3.04. The average Bonchev–Trinajstić information content (AvgIpc) is 2.37. The lowest BCUT2D eigenvalue weighted by Gasteiger charge is -2.16. The standard InChI is InChI=1S/C13H18O5P/c1-3-17-19(16,18-4-2)10-9-11-5-7-12(8-6-11)13(14)15/h5-8H,3-4,9-10H2,1-2H3. The molecule has 1 aromatic carbocycles. The van der Waals surface area contributed by atoms with Gasteiger partial charge in [-0.15, -0.1) is 0 Å². The molecular formula is C13H18O5P. The Morgan fingerprint density at radius 1 is 1.11 bits per heavy atom. The second-order valence-corrected chi connectivity index (χ2v) is 6.09. The van der Waals surface area contributed by atoms with Gasteiger partial charge >= 0.3 is 13.6 Å². The highest BCUT2D eigenvalue weighted by Crippen LogP contribution is 2.48. The summed E-state index contributed by atoms with van der Waals surface area (Å²) in [4.78, 5) is 10.6. The van der Waals surface area contributed by atoms with E-state index in [9.17, 15) is 14.5 Å². The molecule has 105 valence electrons. The fraction of sp³-hybridized carbons (Fsp3) is 0.462. The number of aryl methyl sites for hydroxylation is 1. The van der Waals surface area contributed by atoms with Gasteiger partial charge in [0.2, 0.25) is 0 Å². The number of rotatable bonds is 8. The average molecular weight is 285 g/mol. The second-order valence-electron chi connectivity index (χ2n) is 3.90. The third kappa shape index (κ3) is 5.15. The van der Waals surface area contributed by atoms with Gasteiger partial charge in [-0.3, -0.25) is 4.57 Å². The van der Waals surface area contributed by atoms with Crippen molar-refractivity contribution in [2.75, 3.05) is 19.4 Å². The van der Waals surface area contributed by atoms with E-state index in [1.165, 1.54) is 12.1 Å². The van der Waals surface area contributed by atoms with Crippen molar-refractivity contribution in [1.82, 2.24) is 0 Å². The van der Waals surface area contributed by atoms with Crippen LogP contribution in [0.1, 0.15) is 29.8 Å². The highest BCUT2D eigenvalue weighted by atomic mass is 31.2. The summed E-state index contributed by atoms with van der Waals surface area (Å²) in [7, 11) is -3.04. The smallest absolute Gasteiger partial charge is 0.309 e. The molecule has 0 bridgehead atoms. The Balaban J connectivity index is 2.64. The Labute approximate surface area is 113 Å². The molecule has 0 aliphatic heterocycles. The van der Waals surface area contributed by atoms with Gasteiger partial charge in [0.1, 0.15) is 0 Å². The predicted octanol–water partition coefficient (Wildman–Crippen LogP) is 3.07. The SMILES string of the molecule is CCOP(=O)(CCc1ccc(C([O])=O)cc1)OCC. The van der Waals surface area contributed by atoms with Crippen LogP contribution in [0.4, 0.5) is 0 Å². The normalized spacial score (nSPS) is 11.5. The molecule has 0 fully saturated rings. The molecule has 19 heavy (non-hydrogen) atoms. The number of carbonyl (C=O) groups is 1. The number of hydrogen-bond acceptors (Lipinski definition) is 4. The van der Waals surface area contributed by atoms with E-state index in [0.29, 0.717) is 19.6 Å². The molecule has 0 aliphatic rings. The predicted molar refractivity (Wildman–Crippen MR) is 70.9 cm³/mol. The summed E-state index contributed by atoms with van der Waals surface area (Å²) in [5.74, 6) is -1.21. The van der Waals surface area contributed by atoms with Crippen LogP contribution in [0.15, 0.2) is 24.3 Å². The third-order valence-corrected chi connectivity index (χ3v) is 4.59. The topological polar surface area (TPSA) is 72.5 Å². The Hall–Kier alpha value is -1.16. The highest BCUT2D eigenvalue weighted by Gasteiger charge is 2.22. The van der Waals surface area contributed by atoms with Gasteiger partial charge in [0, 0.05) is 0 Å². The molecule has 0 saturated carbocycles. The zero-order valence-electron chi connectivity index (χ0n) is 11.1. The Bertz CT molecular complexity index is 445.